The first-order valence-electron chi connectivity index (χ1n) is 4.64. The smallest absolute Gasteiger partial charge is 0.214 e. The minimum Gasteiger partial charge on any atom is -0.473 e. The zero-order valence-electron chi connectivity index (χ0n) is 8.06. The highest BCUT2D eigenvalue weighted by Crippen LogP contribution is 2.15. The van der Waals surface area contributed by atoms with Crippen molar-refractivity contribution in [2.45, 2.75) is 0 Å². The van der Waals surface area contributed by atoms with Crippen LogP contribution in [0.25, 0.3) is 10.9 Å². The number of para-hydroxylation sites is 1. The van der Waals surface area contributed by atoms with Crippen LogP contribution in [-0.2, 0) is 0 Å². The van der Waals surface area contributed by atoms with Gasteiger partial charge in [0.25, 0.3) is 0 Å². The zero-order chi connectivity index (χ0) is 10.5. The first-order valence-corrected chi connectivity index (χ1v) is 5.88. The molecule has 0 atom stereocenters. The molecule has 0 bridgehead atoms. The number of fused-ring (bicyclic) bond motifs is 1. The van der Waals surface area contributed by atoms with Crippen LogP contribution in [0.2, 0.25) is 0 Å². The maximum atomic E-state index is 5.45. The van der Waals surface area contributed by atoms with Crippen molar-refractivity contribution in [1.29, 1.82) is 0 Å². The molecule has 0 aliphatic carbocycles. The maximum Gasteiger partial charge on any atom is 0.214 e. The van der Waals surface area contributed by atoms with Gasteiger partial charge in [0.2, 0.25) is 5.88 Å². The van der Waals surface area contributed by atoms with Crippen LogP contribution < -0.4 is 4.74 Å². The summed E-state index contributed by atoms with van der Waals surface area (Å²) < 4.78 is 7.38. The molecule has 0 aliphatic rings. The lowest BCUT2D eigenvalue weighted by Gasteiger charge is -2.03. The third-order valence-electron chi connectivity index (χ3n) is 1.99. The number of nitrogens with zero attached hydrogens (tertiary/aromatic N) is 1. The molecule has 0 saturated heterocycles. The highest BCUT2D eigenvalue weighted by atomic mass is 127. The molecule has 2 nitrogen and oxygen atoms in total. The van der Waals surface area contributed by atoms with Crippen molar-refractivity contribution in [2.24, 2.45) is 0 Å². The van der Waals surface area contributed by atoms with Gasteiger partial charge in [-0.2, -0.15) is 0 Å². The molecular weight excluding hydrogens is 301 g/mol. The van der Waals surface area contributed by atoms with Crippen LogP contribution in [-0.4, -0.2) is 11.6 Å². The summed E-state index contributed by atoms with van der Waals surface area (Å²) in [6.45, 7) is 0.564. The average Bonchev–Trinajstić information content (AvgIpc) is 2.29. The molecule has 3 heteroatoms. The monoisotopic (exact) mass is 311 g/mol. The number of benzene rings is 1. The molecule has 15 heavy (non-hydrogen) atoms. The Kier molecular flexibility index (Phi) is 3.55. The number of hydrogen-bond acceptors (Lipinski definition) is 2. The van der Waals surface area contributed by atoms with Crippen molar-refractivity contribution < 1.29 is 4.74 Å². The van der Waals surface area contributed by atoms with E-state index in [0.717, 1.165) is 10.9 Å². The molecule has 0 saturated carbocycles. The average molecular weight is 311 g/mol. The van der Waals surface area contributed by atoms with E-state index >= 15 is 0 Å². The van der Waals surface area contributed by atoms with Gasteiger partial charge >= 0.3 is 0 Å². The van der Waals surface area contributed by atoms with E-state index in [0.29, 0.717) is 12.5 Å². The van der Waals surface area contributed by atoms with Crippen LogP contribution in [0.3, 0.4) is 0 Å². The molecule has 1 aromatic heterocycles. The number of hydrogen-bond donors (Lipinski definition) is 0. The van der Waals surface area contributed by atoms with Crippen LogP contribution in [0.1, 0.15) is 0 Å². The Bertz CT molecular complexity index is 482. The van der Waals surface area contributed by atoms with E-state index in [-0.39, 0.29) is 0 Å². The summed E-state index contributed by atoms with van der Waals surface area (Å²) in [5.41, 5.74) is 0.966. The molecule has 2 aromatic rings. The van der Waals surface area contributed by atoms with Crippen LogP contribution >= 0.6 is 22.6 Å². The molecule has 2 rings (SSSR count). The second-order valence-corrected chi connectivity index (χ2v) is 3.73. The topological polar surface area (TPSA) is 22.1 Å². The second kappa shape index (κ2) is 5.11. The summed E-state index contributed by atoms with van der Waals surface area (Å²) in [6, 6.07) is 11.9. The minimum atomic E-state index is 0.564. The van der Waals surface area contributed by atoms with Gasteiger partial charge in [-0.3, -0.25) is 0 Å². The van der Waals surface area contributed by atoms with Crippen molar-refractivity contribution in [3.8, 4) is 5.88 Å². The molecular formula is C12H10INO. The molecule has 1 aromatic carbocycles. The van der Waals surface area contributed by atoms with Crippen LogP contribution in [0.4, 0.5) is 0 Å². The summed E-state index contributed by atoms with van der Waals surface area (Å²) in [5.74, 6) is 0.670. The quantitative estimate of drug-likeness (QED) is 0.809. The zero-order valence-corrected chi connectivity index (χ0v) is 10.2. The largest absolute Gasteiger partial charge is 0.473 e. The fraction of sp³-hybridized carbons (Fsp3) is 0.0833. The summed E-state index contributed by atoms with van der Waals surface area (Å²) >= 11 is 2.16. The normalized spacial score (nSPS) is 11.0. The van der Waals surface area contributed by atoms with E-state index in [1.165, 1.54) is 0 Å². The van der Waals surface area contributed by atoms with Gasteiger partial charge in [0.15, 0.2) is 0 Å². The fourth-order valence-electron chi connectivity index (χ4n) is 1.30. The van der Waals surface area contributed by atoms with Crippen molar-refractivity contribution in [3.05, 3.63) is 46.6 Å². The summed E-state index contributed by atoms with van der Waals surface area (Å²) in [7, 11) is 0. The van der Waals surface area contributed by atoms with E-state index < -0.39 is 0 Å². The number of rotatable bonds is 3. The number of pyridine rings is 1. The standard InChI is InChI=1S/C12H10INO/c13-8-3-9-15-12-7-6-10-4-1-2-5-11(10)14-12/h1-8H,9H2/b8-3+. The van der Waals surface area contributed by atoms with Crippen LogP contribution in [0.5, 0.6) is 5.88 Å². The van der Waals surface area contributed by atoms with Gasteiger partial charge in [0.05, 0.1) is 5.52 Å². The highest BCUT2D eigenvalue weighted by molar-refractivity contribution is 14.1. The minimum absolute atomic E-state index is 0.564. The lowest BCUT2D eigenvalue weighted by Crippen LogP contribution is -1.95. The van der Waals surface area contributed by atoms with Gasteiger partial charge in [0.1, 0.15) is 6.61 Å². The van der Waals surface area contributed by atoms with Gasteiger partial charge in [0, 0.05) is 11.5 Å². The summed E-state index contributed by atoms with van der Waals surface area (Å²) in [6.07, 6.45) is 1.94. The third kappa shape index (κ3) is 2.68. The highest BCUT2D eigenvalue weighted by Gasteiger charge is 1.96. The van der Waals surface area contributed by atoms with Gasteiger partial charge in [-0.15, -0.1) is 0 Å². The maximum absolute atomic E-state index is 5.45. The predicted octanol–water partition coefficient (Wildman–Crippen LogP) is 3.56. The molecule has 0 unspecified atom stereocenters. The molecule has 1 heterocycles. The van der Waals surface area contributed by atoms with Crippen molar-refractivity contribution in [1.82, 2.24) is 4.98 Å². The van der Waals surface area contributed by atoms with Crippen LogP contribution in [0, 0.1) is 0 Å². The van der Waals surface area contributed by atoms with Gasteiger partial charge < -0.3 is 4.74 Å². The van der Waals surface area contributed by atoms with Gasteiger partial charge in [-0.25, -0.2) is 4.98 Å². The Labute approximate surface area is 102 Å². The third-order valence-corrected chi connectivity index (χ3v) is 2.50. The Morgan fingerprint density at radius 2 is 2.07 bits per heavy atom. The number of ether oxygens (including phenoxy) is 1. The lowest BCUT2D eigenvalue weighted by molar-refractivity contribution is 0.350. The Morgan fingerprint density at radius 1 is 1.20 bits per heavy atom. The summed E-state index contributed by atoms with van der Waals surface area (Å²) in [5, 5.41) is 1.13. The van der Waals surface area contributed by atoms with Crippen LogP contribution in [0.15, 0.2) is 46.6 Å². The van der Waals surface area contributed by atoms with Gasteiger partial charge in [-0.1, -0.05) is 40.8 Å². The van der Waals surface area contributed by atoms with E-state index in [1.54, 1.807) is 0 Å². The molecule has 0 spiro atoms. The molecule has 0 aliphatic heterocycles. The number of halogens is 1. The Morgan fingerprint density at radius 3 is 2.93 bits per heavy atom. The Balaban J connectivity index is 2.23. The lowest BCUT2D eigenvalue weighted by atomic mass is 10.2. The molecule has 76 valence electrons. The van der Waals surface area contributed by atoms with E-state index in [4.69, 9.17) is 4.74 Å². The first kappa shape index (κ1) is 10.4. The van der Waals surface area contributed by atoms with Crippen molar-refractivity contribution >= 4 is 33.5 Å². The second-order valence-electron chi connectivity index (χ2n) is 3.01. The first-order chi connectivity index (χ1) is 7.40. The fourth-order valence-corrected chi connectivity index (χ4v) is 1.51. The summed E-state index contributed by atoms with van der Waals surface area (Å²) in [4.78, 5) is 4.39. The SMILES string of the molecule is I/C=C/COc1ccc2ccccc2n1. The molecule has 0 fully saturated rings. The molecule has 0 amide bonds. The molecule has 0 radical (unpaired) electrons. The Hall–Kier alpha value is -1.10. The van der Waals surface area contributed by atoms with E-state index in [1.807, 2.05) is 46.6 Å². The van der Waals surface area contributed by atoms with E-state index in [9.17, 15) is 0 Å². The van der Waals surface area contributed by atoms with Crippen molar-refractivity contribution in [3.63, 3.8) is 0 Å². The van der Waals surface area contributed by atoms with Crippen molar-refractivity contribution in [2.75, 3.05) is 6.61 Å². The van der Waals surface area contributed by atoms with E-state index in [2.05, 4.69) is 27.6 Å². The van der Waals surface area contributed by atoms with Gasteiger partial charge in [-0.05, 0) is 22.3 Å². The number of aromatic nitrogens is 1. The molecule has 0 N–H and O–H groups in total. The predicted molar refractivity (Wildman–Crippen MR) is 70.4 cm³/mol.